The van der Waals surface area contributed by atoms with Gasteiger partial charge in [0.15, 0.2) is 5.65 Å². The molecule has 1 aromatic carbocycles. The molecule has 0 saturated carbocycles. The number of halogens is 2. The molecule has 6 heteroatoms. The average Bonchev–Trinajstić information content (AvgIpc) is 2.66. The Balaban J connectivity index is 2.38. The second-order valence-corrected chi connectivity index (χ2v) is 4.17. The topological polar surface area (TPSA) is 50.7 Å². The van der Waals surface area contributed by atoms with Gasteiger partial charge in [-0.1, -0.05) is 11.6 Å². The first-order valence-electron chi connectivity index (χ1n) is 5.18. The van der Waals surface area contributed by atoms with Gasteiger partial charge in [0.2, 0.25) is 0 Å². The van der Waals surface area contributed by atoms with Crippen LogP contribution < -0.4 is 5.69 Å². The van der Waals surface area contributed by atoms with Crippen molar-refractivity contribution in [1.29, 1.82) is 0 Å². The quantitative estimate of drug-likeness (QED) is 0.733. The number of nitrogens with one attached hydrogen (secondary N) is 1. The highest BCUT2D eigenvalue weighted by Crippen LogP contribution is 2.19. The monoisotopic (exact) mass is 263 g/mol. The third-order valence-electron chi connectivity index (χ3n) is 2.59. The third kappa shape index (κ3) is 1.60. The summed E-state index contributed by atoms with van der Waals surface area (Å²) in [6, 6.07) is 7.52. The van der Waals surface area contributed by atoms with Crippen LogP contribution in [0, 0.1) is 5.82 Å². The number of nitrogens with zero attached hydrogens (tertiary/aromatic N) is 2. The van der Waals surface area contributed by atoms with Crippen LogP contribution in [0.2, 0.25) is 5.02 Å². The lowest BCUT2D eigenvalue weighted by Gasteiger charge is -2.04. The molecule has 0 aliphatic rings. The zero-order chi connectivity index (χ0) is 12.7. The molecule has 0 unspecified atom stereocenters. The number of benzene rings is 1. The van der Waals surface area contributed by atoms with Crippen molar-refractivity contribution in [3.63, 3.8) is 0 Å². The molecule has 0 spiro atoms. The van der Waals surface area contributed by atoms with E-state index in [1.165, 1.54) is 16.7 Å². The van der Waals surface area contributed by atoms with Gasteiger partial charge in [0.1, 0.15) is 5.82 Å². The van der Waals surface area contributed by atoms with Crippen molar-refractivity contribution < 1.29 is 4.39 Å². The van der Waals surface area contributed by atoms with E-state index in [0.717, 1.165) is 6.07 Å². The van der Waals surface area contributed by atoms with Gasteiger partial charge in [0.05, 0.1) is 11.2 Å². The second kappa shape index (κ2) is 3.96. The first-order valence-corrected chi connectivity index (χ1v) is 5.56. The van der Waals surface area contributed by atoms with Crippen LogP contribution in [0.15, 0.2) is 41.3 Å². The Morgan fingerprint density at radius 2 is 2.17 bits per heavy atom. The number of pyridine rings is 1. The third-order valence-corrected chi connectivity index (χ3v) is 2.83. The highest BCUT2D eigenvalue weighted by molar-refractivity contribution is 6.30. The van der Waals surface area contributed by atoms with Gasteiger partial charge in [-0.2, -0.15) is 0 Å². The van der Waals surface area contributed by atoms with Gasteiger partial charge in [-0.15, -0.1) is 0 Å². The van der Waals surface area contributed by atoms with Gasteiger partial charge >= 0.3 is 5.69 Å². The Bertz CT molecular complexity index is 793. The van der Waals surface area contributed by atoms with Crippen LogP contribution >= 0.6 is 11.6 Å². The van der Waals surface area contributed by atoms with Crippen LogP contribution in [0.5, 0.6) is 0 Å². The number of imidazole rings is 1. The summed E-state index contributed by atoms with van der Waals surface area (Å²) in [7, 11) is 0. The lowest BCUT2D eigenvalue weighted by atomic mass is 10.3. The van der Waals surface area contributed by atoms with Crippen molar-refractivity contribution >= 4 is 22.8 Å². The number of aromatic amines is 1. The van der Waals surface area contributed by atoms with Gasteiger partial charge in [0, 0.05) is 11.2 Å². The molecule has 4 nitrogen and oxygen atoms in total. The fourth-order valence-electron chi connectivity index (χ4n) is 1.83. The average molecular weight is 264 g/mol. The highest BCUT2D eigenvalue weighted by Gasteiger charge is 2.13. The minimum Gasteiger partial charge on any atom is -0.304 e. The van der Waals surface area contributed by atoms with Crippen LogP contribution in [-0.2, 0) is 0 Å². The Hall–Kier alpha value is -2.14. The van der Waals surface area contributed by atoms with Crippen LogP contribution in [0.25, 0.3) is 16.9 Å². The molecule has 0 aliphatic carbocycles. The standard InChI is InChI=1S/C12H7ClFN3O/c13-7-3-4-10(8(14)6-7)17-11-9(16-12(17)18)2-1-5-15-11/h1-6H,(H,16,18). The second-order valence-electron chi connectivity index (χ2n) is 3.74. The summed E-state index contributed by atoms with van der Waals surface area (Å²) >= 11 is 5.69. The smallest absolute Gasteiger partial charge is 0.304 e. The molecule has 0 atom stereocenters. The summed E-state index contributed by atoms with van der Waals surface area (Å²) in [5.41, 5.74) is 0.611. The summed E-state index contributed by atoms with van der Waals surface area (Å²) in [5, 5.41) is 0.275. The minimum atomic E-state index is -0.573. The number of rotatable bonds is 1. The summed E-state index contributed by atoms with van der Waals surface area (Å²) in [6.45, 7) is 0. The molecule has 0 bridgehead atoms. The molecule has 2 aromatic heterocycles. The Morgan fingerprint density at radius 1 is 1.33 bits per heavy atom. The van der Waals surface area contributed by atoms with E-state index < -0.39 is 11.5 Å². The first-order chi connectivity index (χ1) is 8.66. The Kier molecular flexibility index (Phi) is 2.41. The van der Waals surface area contributed by atoms with Crippen LogP contribution in [0.1, 0.15) is 0 Å². The van der Waals surface area contributed by atoms with Gasteiger partial charge in [-0.05, 0) is 30.3 Å². The molecule has 1 N–H and O–H groups in total. The number of hydrogen-bond donors (Lipinski definition) is 1. The molecule has 3 rings (SSSR count). The van der Waals surface area contributed by atoms with Crippen LogP contribution in [0.3, 0.4) is 0 Å². The molecular weight excluding hydrogens is 257 g/mol. The summed E-state index contributed by atoms with van der Waals surface area (Å²) in [4.78, 5) is 18.5. The Morgan fingerprint density at radius 3 is 2.94 bits per heavy atom. The zero-order valence-electron chi connectivity index (χ0n) is 9.02. The van der Waals surface area contributed by atoms with Crippen molar-refractivity contribution in [3.8, 4) is 5.69 Å². The lowest BCUT2D eigenvalue weighted by molar-refractivity contribution is 0.617. The van der Waals surface area contributed by atoms with Crippen molar-refractivity contribution in [3.05, 3.63) is 57.9 Å². The van der Waals surface area contributed by atoms with E-state index in [1.54, 1.807) is 18.3 Å². The molecule has 0 radical (unpaired) electrons. The molecule has 0 saturated heterocycles. The number of aromatic nitrogens is 3. The maximum atomic E-state index is 13.8. The molecule has 2 heterocycles. The predicted octanol–water partition coefficient (Wildman–Crippen LogP) is 2.51. The highest BCUT2D eigenvalue weighted by atomic mass is 35.5. The first kappa shape index (κ1) is 11.0. The fraction of sp³-hybridized carbons (Fsp3) is 0. The number of fused-ring (bicyclic) bond motifs is 1. The van der Waals surface area contributed by atoms with Crippen molar-refractivity contribution in [2.45, 2.75) is 0 Å². The molecule has 18 heavy (non-hydrogen) atoms. The molecular formula is C12H7ClFN3O. The van der Waals surface area contributed by atoms with E-state index >= 15 is 0 Å². The largest absolute Gasteiger partial charge is 0.332 e. The van der Waals surface area contributed by atoms with Gasteiger partial charge in [-0.25, -0.2) is 18.7 Å². The van der Waals surface area contributed by atoms with Crippen LogP contribution in [0.4, 0.5) is 4.39 Å². The summed E-state index contributed by atoms with van der Waals surface area (Å²) < 4.78 is 15.0. The van der Waals surface area contributed by atoms with E-state index in [4.69, 9.17) is 11.6 Å². The minimum absolute atomic E-state index is 0.120. The fourth-order valence-corrected chi connectivity index (χ4v) is 1.98. The maximum Gasteiger partial charge on any atom is 0.332 e. The van der Waals surface area contributed by atoms with E-state index in [9.17, 15) is 9.18 Å². The normalized spacial score (nSPS) is 11.0. The van der Waals surface area contributed by atoms with E-state index in [2.05, 4.69) is 9.97 Å². The zero-order valence-corrected chi connectivity index (χ0v) is 9.78. The lowest BCUT2D eigenvalue weighted by Crippen LogP contribution is -2.16. The predicted molar refractivity (Wildman–Crippen MR) is 66.7 cm³/mol. The van der Waals surface area contributed by atoms with Gasteiger partial charge in [-0.3, -0.25) is 0 Å². The molecule has 0 fully saturated rings. The van der Waals surface area contributed by atoms with E-state index in [0.29, 0.717) is 11.2 Å². The number of hydrogen-bond acceptors (Lipinski definition) is 2. The van der Waals surface area contributed by atoms with E-state index in [1.807, 2.05) is 0 Å². The summed E-state index contributed by atoms with van der Waals surface area (Å²) in [5.74, 6) is -0.573. The molecule has 0 amide bonds. The van der Waals surface area contributed by atoms with E-state index in [-0.39, 0.29) is 10.7 Å². The molecule has 0 aliphatic heterocycles. The Labute approximate surface area is 106 Å². The van der Waals surface area contributed by atoms with Crippen molar-refractivity contribution in [1.82, 2.24) is 14.5 Å². The van der Waals surface area contributed by atoms with Gasteiger partial charge in [0.25, 0.3) is 0 Å². The summed E-state index contributed by atoms with van der Waals surface area (Å²) in [6.07, 6.45) is 1.54. The molecule has 3 aromatic rings. The maximum absolute atomic E-state index is 13.8. The van der Waals surface area contributed by atoms with Gasteiger partial charge < -0.3 is 4.98 Å². The SMILES string of the molecule is O=c1[nH]c2cccnc2n1-c1ccc(Cl)cc1F. The van der Waals surface area contributed by atoms with Crippen LogP contribution in [-0.4, -0.2) is 14.5 Å². The van der Waals surface area contributed by atoms with Crippen molar-refractivity contribution in [2.75, 3.05) is 0 Å². The number of H-pyrrole nitrogens is 1. The molecule has 90 valence electrons. The van der Waals surface area contributed by atoms with Crippen molar-refractivity contribution in [2.24, 2.45) is 0 Å².